The van der Waals surface area contributed by atoms with Gasteiger partial charge >= 0.3 is 11.9 Å². The molecule has 0 bridgehead atoms. The molecular weight excluding hydrogens is 324 g/mol. The van der Waals surface area contributed by atoms with Crippen molar-refractivity contribution in [2.75, 3.05) is 33.3 Å². The standard InChI is InChI=1S/C18H22N2O5/c1-25-18(24)15(12-17(22)23)11-16(21)20-9-7-19(8-10-20)13-14-5-3-2-4-6-14/h2-6,12H,7-11,13H2,1H3,(H,22,23)/b15-12+. The van der Waals surface area contributed by atoms with Crippen LogP contribution in [0, 0.1) is 0 Å². The highest BCUT2D eigenvalue weighted by Gasteiger charge is 2.24. The van der Waals surface area contributed by atoms with Gasteiger partial charge in [0.1, 0.15) is 0 Å². The molecule has 0 unspecified atom stereocenters. The molecule has 2 rings (SSSR count). The average molecular weight is 346 g/mol. The zero-order chi connectivity index (χ0) is 18.2. The molecule has 1 aliphatic rings. The minimum Gasteiger partial charge on any atom is -0.478 e. The van der Waals surface area contributed by atoms with E-state index < -0.39 is 11.9 Å². The van der Waals surface area contributed by atoms with Gasteiger partial charge in [-0.05, 0) is 5.56 Å². The number of hydrogen-bond donors (Lipinski definition) is 1. The van der Waals surface area contributed by atoms with Crippen molar-refractivity contribution in [2.24, 2.45) is 0 Å². The number of carbonyl (C=O) groups excluding carboxylic acids is 2. The van der Waals surface area contributed by atoms with E-state index >= 15 is 0 Å². The van der Waals surface area contributed by atoms with E-state index in [-0.39, 0.29) is 17.9 Å². The van der Waals surface area contributed by atoms with Crippen LogP contribution in [0.5, 0.6) is 0 Å². The number of methoxy groups -OCH3 is 1. The first-order chi connectivity index (χ1) is 12.0. The summed E-state index contributed by atoms with van der Waals surface area (Å²) >= 11 is 0. The molecular formula is C18H22N2O5. The third-order valence-electron chi connectivity index (χ3n) is 4.06. The van der Waals surface area contributed by atoms with Gasteiger partial charge in [-0.15, -0.1) is 0 Å². The van der Waals surface area contributed by atoms with E-state index in [1.165, 1.54) is 5.56 Å². The second-order valence-corrected chi connectivity index (χ2v) is 5.82. The maximum Gasteiger partial charge on any atom is 0.334 e. The van der Waals surface area contributed by atoms with Gasteiger partial charge < -0.3 is 14.7 Å². The van der Waals surface area contributed by atoms with Gasteiger partial charge in [0, 0.05) is 38.8 Å². The molecule has 1 amide bonds. The van der Waals surface area contributed by atoms with Crippen LogP contribution in [-0.2, 0) is 25.7 Å². The smallest absolute Gasteiger partial charge is 0.334 e. The Morgan fingerprint density at radius 2 is 1.76 bits per heavy atom. The van der Waals surface area contributed by atoms with Crippen LogP contribution in [0.25, 0.3) is 0 Å². The first-order valence-electron chi connectivity index (χ1n) is 8.05. The second-order valence-electron chi connectivity index (χ2n) is 5.82. The minimum atomic E-state index is -1.28. The van der Waals surface area contributed by atoms with Gasteiger partial charge in [0.2, 0.25) is 5.91 Å². The Bertz CT molecular complexity index is 649. The van der Waals surface area contributed by atoms with Crippen molar-refractivity contribution in [3.8, 4) is 0 Å². The Morgan fingerprint density at radius 3 is 2.32 bits per heavy atom. The first-order valence-corrected chi connectivity index (χ1v) is 8.05. The van der Waals surface area contributed by atoms with Crippen molar-refractivity contribution in [1.29, 1.82) is 0 Å². The fourth-order valence-corrected chi connectivity index (χ4v) is 2.73. The molecule has 0 radical (unpaired) electrons. The number of carbonyl (C=O) groups is 3. The quantitative estimate of drug-likeness (QED) is 0.608. The lowest BCUT2D eigenvalue weighted by molar-refractivity contribution is -0.140. The lowest BCUT2D eigenvalue weighted by Crippen LogP contribution is -2.48. The summed E-state index contributed by atoms with van der Waals surface area (Å²) < 4.78 is 4.54. The predicted molar refractivity (Wildman–Crippen MR) is 90.7 cm³/mol. The summed E-state index contributed by atoms with van der Waals surface area (Å²) in [5.74, 6) is -2.34. The molecule has 0 aliphatic carbocycles. The molecule has 7 heteroatoms. The molecule has 1 aromatic carbocycles. The van der Waals surface area contributed by atoms with Crippen LogP contribution in [0.2, 0.25) is 0 Å². The molecule has 1 aliphatic heterocycles. The predicted octanol–water partition coefficient (Wildman–Crippen LogP) is 0.905. The van der Waals surface area contributed by atoms with E-state index in [4.69, 9.17) is 5.11 Å². The topological polar surface area (TPSA) is 87.2 Å². The molecule has 25 heavy (non-hydrogen) atoms. The van der Waals surface area contributed by atoms with E-state index in [0.29, 0.717) is 13.1 Å². The Morgan fingerprint density at radius 1 is 1.12 bits per heavy atom. The molecule has 1 fully saturated rings. The van der Waals surface area contributed by atoms with Crippen molar-refractivity contribution >= 4 is 17.8 Å². The van der Waals surface area contributed by atoms with Gasteiger partial charge in [0.15, 0.2) is 0 Å². The van der Waals surface area contributed by atoms with Gasteiger partial charge in [0.05, 0.1) is 19.1 Å². The molecule has 1 saturated heterocycles. The SMILES string of the molecule is COC(=O)/C(=C/C(=O)O)CC(=O)N1CCN(Cc2ccccc2)CC1. The van der Waals surface area contributed by atoms with Crippen LogP contribution in [0.15, 0.2) is 42.0 Å². The van der Waals surface area contributed by atoms with Gasteiger partial charge in [-0.1, -0.05) is 30.3 Å². The number of ether oxygens (including phenoxy) is 1. The fraction of sp³-hybridized carbons (Fsp3) is 0.389. The number of piperazine rings is 1. The molecule has 0 aromatic heterocycles. The summed E-state index contributed by atoms with van der Waals surface area (Å²) in [6.45, 7) is 3.39. The van der Waals surface area contributed by atoms with E-state index in [9.17, 15) is 14.4 Å². The Labute approximate surface area is 146 Å². The van der Waals surface area contributed by atoms with Crippen molar-refractivity contribution in [3.05, 3.63) is 47.5 Å². The van der Waals surface area contributed by atoms with Crippen LogP contribution < -0.4 is 0 Å². The number of rotatable bonds is 6. The number of carboxylic acid groups (broad SMARTS) is 1. The molecule has 0 spiro atoms. The molecule has 7 nitrogen and oxygen atoms in total. The molecule has 0 atom stereocenters. The summed E-state index contributed by atoms with van der Waals surface area (Å²) in [4.78, 5) is 38.6. The van der Waals surface area contributed by atoms with Gasteiger partial charge in [-0.2, -0.15) is 0 Å². The van der Waals surface area contributed by atoms with Crippen LogP contribution in [0.3, 0.4) is 0 Å². The number of amides is 1. The van der Waals surface area contributed by atoms with Gasteiger partial charge in [0.25, 0.3) is 0 Å². The molecule has 1 aromatic rings. The number of aliphatic carboxylic acids is 1. The molecule has 0 saturated carbocycles. The Balaban J connectivity index is 1.88. The zero-order valence-corrected chi connectivity index (χ0v) is 14.2. The fourth-order valence-electron chi connectivity index (χ4n) is 2.73. The monoisotopic (exact) mass is 346 g/mol. The minimum absolute atomic E-state index is 0.147. The number of benzene rings is 1. The van der Waals surface area contributed by atoms with Gasteiger partial charge in [-0.3, -0.25) is 9.69 Å². The van der Waals surface area contributed by atoms with Crippen molar-refractivity contribution in [1.82, 2.24) is 9.80 Å². The summed E-state index contributed by atoms with van der Waals surface area (Å²) in [6, 6.07) is 10.1. The highest BCUT2D eigenvalue weighted by atomic mass is 16.5. The van der Waals surface area contributed by atoms with Crippen LogP contribution in [0.4, 0.5) is 0 Å². The first kappa shape index (κ1) is 18.7. The number of esters is 1. The van der Waals surface area contributed by atoms with Crippen LogP contribution in [0.1, 0.15) is 12.0 Å². The van der Waals surface area contributed by atoms with E-state index in [1.807, 2.05) is 18.2 Å². The number of hydrogen-bond acceptors (Lipinski definition) is 5. The summed E-state index contributed by atoms with van der Waals surface area (Å²) in [5.41, 5.74) is 1.08. The maximum atomic E-state index is 12.3. The summed E-state index contributed by atoms with van der Waals surface area (Å²) in [5, 5.41) is 8.81. The number of carboxylic acids is 1. The molecule has 1 N–H and O–H groups in total. The largest absolute Gasteiger partial charge is 0.478 e. The van der Waals surface area contributed by atoms with Crippen molar-refractivity contribution in [2.45, 2.75) is 13.0 Å². The molecule has 1 heterocycles. The lowest BCUT2D eigenvalue weighted by atomic mass is 10.1. The van der Waals surface area contributed by atoms with Crippen LogP contribution in [-0.4, -0.2) is 66.0 Å². The van der Waals surface area contributed by atoms with Crippen molar-refractivity contribution < 1.29 is 24.2 Å². The highest BCUT2D eigenvalue weighted by Crippen LogP contribution is 2.12. The van der Waals surface area contributed by atoms with Gasteiger partial charge in [-0.25, -0.2) is 9.59 Å². The third kappa shape index (κ3) is 5.72. The molecule has 134 valence electrons. The third-order valence-corrected chi connectivity index (χ3v) is 4.06. The highest BCUT2D eigenvalue weighted by molar-refractivity contribution is 6.00. The van der Waals surface area contributed by atoms with E-state index in [0.717, 1.165) is 32.8 Å². The average Bonchev–Trinajstić information content (AvgIpc) is 2.61. The van der Waals surface area contributed by atoms with Crippen molar-refractivity contribution in [3.63, 3.8) is 0 Å². The van der Waals surface area contributed by atoms with E-state index in [1.54, 1.807) is 4.90 Å². The summed E-state index contributed by atoms with van der Waals surface area (Å²) in [7, 11) is 1.16. The second kappa shape index (κ2) is 8.98. The Hall–Kier alpha value is -2.67. The van der Waals surface area contributed by atoms with E-state index in [2.05, 4.69) is 21.8 Å². The summed E-state index contributed by atoms with van der Waals surface area (Å²) in [6.07, 6.45) is 0.465. The maximum absolute atomic E-state index is 12.3. The van der Waals surface area contributed by atoms with Crippen LogP contribution >= 0.6 is 0 Å². The Kier molecular flexibility index (Phi) is 6.71. The lowest BCUT2D eigenvalue weighted by Gasteiger charge is -2.34. The zero-order valence-electron chi connectivity index (χ0n) is 14.2. The number of nitrogens with zero attached hydrogens (tertiary/aromatic N) is 2. The normalized spacial score (nSPS) is 15.7.